The summed E-state index contributed by atoms with van der Waals surface area (Å²) in [5.41, 5.74) is 8.38. The number of nitrogens with two attached hydrogens (primary N) is 1. The Morgan fingerprint density at radius 3 is 1.71 bits per heavy atom. The van der Waals surface area contributed by atoms with Gasteiger partial charge in [0.2, 0.25) is 45.0 Å². The lowest BCUT2D eigenvalue weighted by molar-refractivity contribution is -0.158. The molecule has 2 aromatic heterocycles. The molecule has 7 rings (SSSR count). The van der Waals surface area contributed by atoms with E-state index < -0.39 is 111 Å². The molecule has 0 fully saturated rings. The number of hydrogen-bond acceptors (Lipinski definition) is 18. The molecule has 0 aliphatic heterocycles. The maximum absolute atomic E-state index is 14.5. The fourth-order valence-corrected chi connectivity index (χ4v) is 13.4. The zero-order chi connectivity index (χ0) is 74.4. The van der Waals surface area contributed by atoms with Crippen molar-refractivity contribution in [1.29, 1.82) is 0 Å². The molecular formula is C75H95N11O15S. The first kappa shape index (κ1) is 79.2. The van der Waals surface area contributed by atoms with Crippen LogP contribution in [-0.2, 0) is 81.2 Å². The maximum atomic E-state index is 14.5. The maximum Gasteiger partial charge on any atom is 0.325 e. The van der Waals surface area contributed by atoms with Crippen molar-refractivity contribution in [3.8, 4) is 0 Å². The fourth-order valence-electron chi connectivity index (χ4n) is 11.8. The third-order valence-electron chi connectivity index (χ3n) is 16.1. The average Bonchev–Trinajstić information content (AvgIpc) is 1.25. The lowest BCUT2D eigenvalue weighted by atomic mass is 9.76. The van der Waals surface area contributed by atoms with E-state index in [0.29, 0.717) is 41.9 Å². The number of aryl methyl sites for hydroxylation is 4. The smallest absolute Gasteiger partial charge is 0.325 e. The highest BCUT2D eigenvalue weighted by Gasteiger charge is 2.40. The second kappa shape index (κ2) is 36.5. The van der Waals surface area contributed by atoms with Gasteiger partial charge in [-0.2, -0.15) is 4.72 Å². The average molecular weight is 1420 g/mol. The molecular weight excluding hydrogens is 1330 g/mol. The summed E-state index contributed by atoms with van der Waals surface area (Å²) in [5, 5.41) is 17.1. The quantitative estimate of drug-likeness (QED) is 0.00909. The molecule has 0 saturated carbocycles. The Morgan fingerprint density at radius 1 is 0.637 bits per heavy atom. The van der Waals surface area contributed by atoms with Gasteiger partial charge in [0.05, 0.1) is 36.4 Å². The largest absolute Gasteiger partial charge is 0.468 e. The van der Waals surface area contributed by atoms with Crippen molar-refractivity contribution in [2.24, 2.45) is 5.73 Å². The summed E-state index contributed by atoms with van der Waals surface area (Å²) in [6.07, 6.45) is 4.98. The topological polar surface area (TPSA) is 358 Å². The predicted molar refractivity (Wildman–Crippen MR) is 385 cm³/mol. The number of methoxy groups -OCH3 is 1. The summed E-state index contributed by atoms with van der Waals surface area (Å²) < 4.78 is 55.1. The van der Waals surface area contributed by atoms with Crippen LogP contribution in [0.5, 0.6) is 0 Å². The third-order valence-corrected chi connectivity index (χ3v) is 17.9. The van der Waals surface area contributed by atoms with Crippen molar-refractivity contribution in [3.63, 3.8) is 0 Å². The molecule has 0 aliphatic rings. The molecule has 0 unspecified atom stereocenters. The van der Waals surface area contributed by atoms with E-state index in [0.717, 1.165) is 34.9 Å². The van der Waals surface area contributed by atoms with Gasteiger partial charge in [-0.15, -0.1) is 0 Å². The highest BCUT2D eigenvalue weighted by atomic mass is 32.2. The van der Waals surface area contributed by atoms with Gasteiger partial charge in [-0.05, 0) is 127 Å². The number of esters is 3. The number of amides is 5. The van der Waals surface area contributed by atoms with Crippen LogP contribution in [0.15, 0.2) is 150 Å². The van der Waals surface area contributed by atoms with Crippen LogP contribution in [0.2, 0.25) is 0 Å². The molecule has 0 aliphatic carbocycles. The molecule has 0 saturated heterocycles. The number of ether oxygens (including phenoxy) is 4. The molecule has 2 heterocycles. The van der Waals surface area contributed by atoms with Crippen LogP contribution in [0.1, 0.15) is 136 Å². The summed E-state index contributed by atoms with van der Waals surface area (Å²) in [6, 6.07) is 34.8. The van der Waals surface area contributed by atoms with Crippen molar-refractivity contribution in [3.05, 3.63) is 195 Å². The second-order valence-corrected chi connectivity index (χ2v) is 28.4. The van der Waals surface area contributed by atoms with E-state index >= 15 is 0 Å². The number of imidazole rings is 1. The lowest BCUT2D eigenvalue weighted by Gasteiger charge is -2.38. The Morgan fingerprint density at radius 2 is 1.17 bits per heavy atom. The molecule has 102 heavy (non-hydrogen) atoms. The fraction of sp³-hybridized carbons (Fsp3) is 0.413. The molecule has 27 heteroatoms. The van der Waals surface area contributed by atoms with E-state index in [-0.39, 0.29) is 80.5 Å². The number of aromatic nitrogens is 3. The van der Waals surface area contributed by atoms with E-state index in [1.165, 1.54) is 6.20 Å². The minimum atomic E-state index is -4.34. The lowest BCUT2D eigenvalue weighted by Crippen LogP contribution is -2.53. The first-order valence-electron chi connectivity index (χ1n) is 33.9. The first-order valence-corrected chi connectivity index (χ1v) is 35.3. The van der Waals surface area contributed by atoms with Crippen LogP contribution in [0.4, 0.5) is 5.95 Å². The van der Waals surface area contributed by atoms with E-state index in [2.05, 4.69) is 77.6 Å². The molecule has 3 atom stereocenters. The number of sulfonamides is 1. The van der Waals surface area contributed by atoms with E-state index in [1.54, 1.807) is 90.4 Å². The van der Waals surface area contributed by atoms with Crippen molar-refractivity contribution in [2.45, 2.75) is 160 Å². The second-order valence-electron chi connectivity index (χ2n) is 26.7. The number of nitrogens with one attached hydrogen (secondary N) is 7. The van der Waals surface area contributed by atoms with Gasteiger partial charge in [-0.3, -0.25) is 47.7 Å². The first-order chi connectivity index (χ1) is 48.4. The number of pyridine rings is 1. The SMILES string of the molecule is COC(=O)[C@H](CNC(=O)c1cn(CCCNC(=O)CCC(=O)NCCCOCCCNC(=O)[C@@H](CC(=O)OC(C)(C)C)NC(=O)[C@H](N)CC(=O)OC(C)(C)C)c2cc(CNc3nccn3C(c3ccccc3)(c3ccccc3)c3ccccc3)ccc2c1=O)NS(=O)(=O)c1c(C)cc(C)cc1C. The van der Waals surface area contributed by atoms with Gasteiger partial charge in [-0.25, -0.2) is 13.4 Å². The molecule has 7 aromatic rings. The Kier molecular flexibility index (Phi) is 28.3. The molecule has 0 bridgehead atoms. The number of nitrogens with zero attached hydrogens (tertiary/aromatic N) is 3. The standard InChI is InChI=1S/C75H95N11O15S/c1-49-41-50(2)67(51(3)42-49)102(96,97)84-60(71(95)98-10)47-81-68(92)57-48-85(61-43-52(29-30-56(61)66(57)91)46-82-72-80-36-38-86(72)75(53-23-14-11-15-24-53,54-25-16-12-17-26-54)55-27-18-13-19-28-55)37-20-33-77-62(87)31-32-63(88)78-34-21-39-99-40-22-35-79-70(94)59(45-65(90)101-74(7,8)9)83-69(93)58(76)44-64(89)100-73(4,5)6/h11-19,23-30,36,38,41-43,48,58-60,84H,20-22,31-35,37,39-40,44-47,76H2,1-10H3,(H,77,87)(H,78,88)(H,79,94)(H,80,82)(H,81,92)(H,83,93)/t58-,59-,60+/m1/s1. The number of carbonyl (C=O) groups is 8. The Balaban J connectivity index is 0.965. The van der Waals surface area contributed by atoms with Crippen LogP contribution in [0, 0.1) is 20.8 Å². The number of fused-ring (bicyclic) bond motifs is 1. The predicted octanol–water partition coefficient (Wildman–Crippen LogP) is 6.42. The van der Waals surface area contributed by atoms with Crippen molar-refractivity contribution in [1.82, 2.24) is 45.4 Å². The van der Waals surface area contributed by atoms with Crippen molar-refractivity contribution >= 4 is 74.3 Å². The molecule has 0 radical (unpaired) electrons. The van der Waals surface area contributed by atoms with Gasteiger partial charge in [0.25, 0.3) is 5.91 Å². The number of anilines is 1. The summed E-state index contributed by atoms with van der Waals surface area (Å²) >= 11 is 0. The van der Waals surface area contributed by atoms with Gasteiger partial charge in [0, 0.05) is 89.3 Å². The number of carbonyl (C=O) groups excluding carboxylic acids is 8. The summed E-state index contributed by atoms with van der Waals surface area (Å²) in [6.45, 7) is 15.9. The highest BCUT2D eigenvalue weighted by Crippen LogP contribution is 2.42. The summed E-state index contributed by atoms with van der Waals surface area (Å²) in [5.74, 6) is -5.03. The zero-order valence-electron chi connectivity index (χ0n) is 59.6. The van der Waals surface area contributed by atoms with Gasteiger partial charge < -0.3 is 61.1 Å². The van der Waals surface area contributed by atoms with Crippen molar-refractivity contribution in [2.75, 3.05) is 51.8 Å². The van der Waals surface area contributed by atoms with Crippen LogP contribution in [0.25, 0.3) is 10.9 Å². The van der Waals surface area contributed by atoms with Gasteiger partial charge in [0.15, 0.2) is 0 Å². The van der Waals surface area contributed by atoms with Crippen LogP contribution in [0.3, 0.4) is 0 Å². The molecule has 546 valence electrons. The summed E-state index contributed by atoms with van der Waals surface area (Å²) in [4.78, 5) is 124. The minimum absolute atomic E-state index is 0.0265. The van der Waals surface area contributed by atoms with E-state index in [1.807, 2.05) is 73.8 Å². The molecule has 0 spiro atoms. The molecule has 9 N–H and O–H groups in total. The zero-order valence-corrected chi connectivity index (χ0v) is 60.4. The number of benzene rings is 5. The Bertz CT molecular complexity index is 4130. The van der Waals surface area contributed by atoms with E-state index in [4.69, 9.17) is 29.7 Å². The Labute approximate surface area is 595 Å². The van der Waals surface area contributed by atoms with Crippen LogP contribution < -0.4 is 47.8 Å². The van der Waals surface area contributed by atoms with Gasteiger partial charge >= 0.3 is 17.9 Å². The summed E-state index contributed by atoms with van der Waals surface area (Å²) in [7, 11) is -3.25. The number of rotatable bonds is 36. The molecule has 5 amide bonds. The third kappa shape index (κ3) is 22.5. The number of hydrogen-bond donors (Lipinski definition) is 8. The van der Waals surface area contributed by atoms with Crippen LogP contribution in [-0.4, -0.2) is 146 Å². The minimum Gasteiger partial charge on any atom is -0.468 e. The normalized spacial score (nSPS) is 12.7. The van der Waals surface area contributed by atoms with Crippen molar-refractivity contribution < 1.29 is 65.7 Å². The van der Waals surface area contributed by atoms with E-state index in [9.17, 15) is 51.6 Å². The Hall–Kier alpha value is -10.1. The highest BCUT2D eigenvalue weighted by molar-refractivity contribution is 7.89. The van der Waals surface area contributed by atoms with Gasteiger partial charge in [-0.1, -0.05) is 115 Å². The molecule has 26 nitrogen and oxygen atoms in total. The van der Waals surface area contributed by atoms with Crippen LogP contribution >= 0.6 is 0 Å². The monoisotopic (exact) mass is 1420 g/mol. The van der Waals surface area contributed by atoms with Gasteiger partial charge in [0.1, 0.15) is 34.4 Å². The molecule has 5 aromatic carbocycles.